The molecule has 0 atom stereocenters. The van der Waals surface area contributed by atoms with Crippen LogP contribution in [0.2, 0.25) is 0 Å². The minimum atomic E-state index is -0.558. The predicted molar refractivity (Wildman–Crippen MR) is 107 cm³/mol. The first-order valence-corrected chi connectivity index (χ1v) is 8.81. The fourth-order valence-corrected chi connectivity index (χ4v) is 2.67. The van der Waals surface area contributed by atoms with Crippen molar-refractivity contribution in [2.24, 2.45) is 0 Å². The number of hydrogen-bond donors (Lipinski definition) is 1. The molecule has 0 bridgehead atoms. The summed E-state index contributed by atoms with van der Waals surface area (Å²) >= 11 is 0. The summed E-state index contributed by atoms with van der Waals surface area (Å²) in [5.41, 5.74) is 1.48. The molecule has 0 aliphatic rings. The third kappa shape index (κ3) is 5.65. The van der Waals surface area contributed by atoms with E-state index in [4.69, 9.17) is 4.74 Å². The summed E-state index contributed by atoms with van der Waals surface area (Å²) in [7, 11) is 2.55. The minimum absolute atomic E-state index is 0.00778. The molecule has 29 heavy (non-hydrogen) atoms. The van der Waals surface area contributed by atoms with Crippen LogP contribution >= 0.6 is 0 Å². The molecule has 8 heteroatoms. The standard InChI is InChI=1S/C21H22N2O6/c1-14(24)23(16-10-8-15(9-11-16)20(26)28-2)13-12-19(25)22-18-7-5-4-6-17(18)21(27)29-3/h4-11H,12-13H2,1-3H3,(H,22,25). The molecule has 8 nitrogen and oxygen atoms in total. The zero-order chi connectivity index (χ0) is 21.4. The lowest BCUT2D eigenvalue weighted by Crippen LogP contribution is -2.32. The molecule has 0 saturated carbocycles. The van der Waals surface area contributed by atoms with E-state index >= 15 is 0 Å². The van der Waals surface area contributed by atoms with E-state index in [-0.39, 0.29) is 30.3 Å². The van der Waals surface area contributed by atoms with Crippen LogP contribution < -0.4 is 10.2 Å². The minimum Gasteiger partial charge on any atom is -0.465 e. The Kier molecular flexibility index (Phi) is 7.47. The lowest BCUT2D eigenvalue weighted by atomic mass is 10.1. The number of nitrogens with zero attached hydrogens (tertiary/aromatic N) is 1. The number of anilines is 2. The second-order valence-corrected chi connectivity index (χ2v) is 6.04. The first-order chi connectivity index (χ1) is 13.9. The smallest absolute Gasteiger partial charge is 0.339 e. The van der Waals surface area contributed by atoms with Crippen molar-refractivity contribution in [3.8, 4) is 0 Å². The lowest BCUT2D eigenvalue weighted by molar-refractivity contribution is -0.117. The van der Waals surface area contributed by atoms with Crippen molar-refractivity contribution in [1.29, 1.82) is 0 Å². The molecule has 0 spiro atoms. The van der Waals surface area contributed by atoms with Crippen LogP contribution in [0.15, 0.2) is 48.5 Å². The number of para-hydroxylation sites is 1. The summed E-state index contributed by atoms with van der Waals surface area (Å²) in [6, 6.07) is 12.8. The van der Waals surface area contributed by atoms with E-state index in [9.17, 15) is 19.2 Å². The maximum absolute atomic E-state index is 12.4. The molecule has 2 aromatic rings. The molecule has 0 saturated heterocycles. The monoisotopic (exact) mass is 398 g/mol. The van der Waals surface area contributed by atoms with Crippen molar-refractivity contribution in [3.63, 3.8) is 0 Å². The Morgan fingerprint density at radius 2 is 1.52 bits per heavy atom. The number of carbonyl (C=O) groups excluding carboxylic acids is 4. The molecule has 0 unspecified atom stereocenters. The second kappa shape index (κ2) is 10.0. The van der Waals surface area contributed by atoms with Gasteiger partial charge in [0.05, 0.1) is 31.0 Å². The predicted octanol–water partition coefficient (Wildman–Crippen LogP) is 2.64. The Bertz CT molecular complexity index is 908. The Morgan fingerprint density at radius 3 is 2.10 bits per heavy atom. The van der Waals surface area contributed by atoms with Gasteiger partial charge in [-0.05, 0) is 36.4 Å². The van der Waals surface area contributed by atoms with Gasteiger partial charge in [-0.3, -0.25) is 9.59 Å². The zero-order valence-corrected chi connectivity index (χ0v) is 16.4. The number of rotatable bonds is 7. The molecule has 2 aromatic carbocycles. The van der Waals surface area contributed by atoms with E-state index in [1.54, 1.807) is 48.5 Å². The van der Waals surface area contributed by atoms with Crippen LogP contribution in [0, 0.1) is 0 Å². The van der Waals surface area contributed by atoms with Gasteiger partial charge in [0.15, 0.2) is 0 Å². The third-order valence-electron chi connectivity index (χ3n) is 4.15. The van der Waals surface area contributed by atoms with Crippen molar-refractivity contribution < 1.29 is 28.7 Å². The normalized spacial score (nSPS) is 10.0. The van der Waals surface area contributed by atoms with Crippen LogP contribution in [0.3, 0.4) is 0 Å². The summed E-state index contributed by atoms with van der Waals surface area (Å²) in [5.74, 6) is -1.65. The van der Waals surface area contributed by atoms with Gasteiger partial charge in [0.25, 0.3) is 0 Å². The van der Waals surface area contributed by atoms with Gasteiger partial charge in [0, 0.05) is 25.6 Å². The van der Waals surface area contributed by atoms with Gasteiger partial charge in [-0.1, -0.05) is 12.1 Å². The fraction of sp³-hybridized carbons (Fsp3) is 0.238. The molecule has 0 aliphatic carbocycles. The molecule has 2 amide bonds. The van der Waals surface area contributed by atoms with Gasteiger partial charge < -0.3 is 19.7 Å². The molecular formula is C21H22N2O6. The highest BCUT2D eigenvalue weighted by Gasteiger charge is 2.17. The average molecular weight is 398 g/mol. The van der Waals surface area contributed by atoms with Crippen LogP contribution in [0.4, 0.5) is 11.4 Å². The summed E-state index contributed by atoms with van der Waals surface area (Å²) in [6.45, 7) is 1.51. The summed E-state index contributed by atoms with van der Waals surface area (Å²) in [4.78, 5) is 49.1. The zero-order valence-electron chi connectivity index (χ0n) is 16.4. The summed E-state index contributed by atoms with van der Waals surface area (Å²) in [6.07, 6.45) is 0.00778. The van der Waals surface area contributed by atoms with Crippen molar-refractivity contribution in [2.75, 3.05) is 31.0 Å². The number of amides is 2. The molecule has 0 aliphatic heterocycles. The van der Waals surface area contributed by atoms with Gasteiger partial charge in [0.1, 0.15) is 0 Å². The van der Waals surface area contributed by atoms with Crippen LogP contribution in [0.1, 0.15) is 34.1 Å². The molecular weight excluding hydrogens is 376 g/mol. The Morgan fingerprint density at radius 1 is 0.897 bits per heavy atom. The first-order valence-electron chi connectivity index (χ1n) is 8.81. The largest absolute Gasteiger partial charge is 0.465 e. The number of carbonyl (C=O) groups is 4. The lowest BCUT2D eigenvalue weighted by Gasteiger charge is -2.21. The van der Waals surface area contributed by atoms with Gasteiger partial charge in [0.2, 0.25) is 11.8 Å². The Balaban J connectivity index is 2.06. The summed E-state index contributed by atoms with van der Waals surface area (Å²) < 4.78 is 9.35. The van der Waals surface area contributed by atoms with Crippen molar-refractivity contribution >= 4 is 35.1 Å². The number of methoxy groups -OCH3 is 2. The van der Waals surface area contributed by atoms with Crippen molar-refractivity contribution in [2.45, 2.75) is 13.3 Å². The number of benzene rings is 2. The van der Waals surface area contributed by atoms with Crippen molar-refractivity contribution in [3.05, 3.63) is 59.7 Å². The van der Waals surface area contributed by atoms with Gasteiger partial charge in [-0.2, -0.15) is 0 Å². The highest BCUT2D eigenvalue weighted by molar-refractivity contribution is 6.01. The van der Waals surface area contributed by atoms with Crippen molar-refractivity contribution in [1.82, 2.24) is 0 Å². The van der Waals surface area contributed by atoms with E-state index in [0.29, 0.717) is 16.9 Å². The van der Waals surface area contributed by atoms with Crippen LogP contribution in [0.5, 0.6) is 0 Å². The molecule has 0 heterocycles. The Labute approximate surface area is 168 Å². The van der Waals surface area contributed by atoms with Gasteiger partial charge in [-0.15, -0.1) is 0 Å². The van der Waals surface area contributed by atoms with E-state index in [1.807, 2.05) is 0 Å². The van der Waals surface area contributed by atoms with Crippen LogP contribution in [-0.2, 0) is 19.1 Å². The SMILES string of the molecule is COC(=O)c1ccc(N(CCC(=O)Nc2ccccc2C(=O)OC)C(C)=O)cc1. The highest BCUT2D eigenvalue weighted by Crippen LogP contribution is 2.18. The Hall–Kier alpha value is -3.68. The van der Waals surface area contributed by atoms with E-state index in [0.717, 1.165) is 0 Å². The molecule has 0 radical (unpaired) electrons. The maximum atomic E-state index is 12.4. The topological polar surface area (TPSA) is 102 Å². The molecule has 0 aromatic heterocycles. The second-order valence-electron chi connectivity index (χ2n) is 6.04. The average Bonchev–Trinajstić information content (AvgIpc) is 2.73. The third-order valence-corrected chi connectivity index (χ3v) is 4.15. The number of ether oxygens (including phenoxy) is 2. The van der Waals surface area contributed by atoms with Crippen LogP contribution in [0.25, 0.3) is 0 Å². The number of hydrogen-bond acceptors (Lipinski definition) is 6. The molecule has 1 N–H and O–H groups in total. The highest BCUT2D eigenvalue weighted by atomic mass is 16.5. The molecule has 2 rings (SSSR count). The molecule has 152 valence electrons. The van der Waals surface area contributed by atoms with Gasteiger partial charge >= 0.3 is 11.9 Å². The fourth-order valence-electron chi connectivity index (χ4n) is 2.67. The quantitative estimate of drug-likeness (QED) is 0.720. The summed E-state index contributed by atoms with van der Waals surface area (Å²) in [5, 5.41) is 2.66. The number of esters is 2. The van der Waals surface area contributed by atoms with Crippen LogP contribution in [-0.4, -0.2) is 44.5 Å². The van der Waals surface area contributed by atoms with E-state index in [2.05, 4.69) is 10.1 Å². The molecule has 0 fully saturated rings. The first kappa shape index (κ1) is 21.6. The van der Waals surface area contributed by atoms with Gasteiger partial charge in [-0.25, -0.2) is 9.59 Å². The number of nitrogens with one attached hydrogen (secondary N) is 1. The van der Waals surface area contributed by atoms with E-state index < -0.39 is 11.9 Å². The maximum Gasteiger partial charge on any atom is 0.339 e. The van der Waals surface area contributed by atoms with E-state index in [1.165, 1.54) is 26.0 Å².